The summed E-state index contributed by atoms with van der Waals surface area (Å²) in [6.07, 6.45) is 1.01. The first-order valence-electron chi connectivity index (χ1n) is 7.64. The van der Waals surface area contributed by atoms with Crippen LogP contribution in [0.25, 0.3) is 0 Å². The van der Waals surface area contributed by atoms with Crippen molar-refractivity contribution in [2.75, 3.05) is 0 Å². The summed E-state index contributed by atoms with van der Waals surface area (Å²) in [5.41, 5.74) is 11.4. The Labute approximate surface area is 148 Å². The number of carbonyl (C=O) groups excluding carboxylic acids is 3. The number of aliphatic hydroxyl groups is 1. The van der Waals surface area contributed by atoms with Crippen LogP contribution in [-0.2, 0) is 25.6 Å². The highest BCUT2D eigenvalue weighted by atomic mass is 16.4. The smallest absolute Gasteiger partial charge is 0.328 e. The number of aliphatic carboxylic acids is 1. The quantitative estimate of drug-likeness (QED) is 0.220. The number of nitrogens with two attached hydrogens (primary N) is 2. The molecule has 26 heavy (non-hydrogen) atoms. The SMILES string of the molecule is C[C@@H](O)[C@H](NC(=O)[C@H](CC(N)=O)NC(=O)[C@@H](N)Cc1cnc[nH]1)C(=O)O. The number of nitrogens with one attached hydrogen (secondary N) is 3. The lowest BCUT2D eigenvalue weighted by atomic mass is 10.1. The maximum Gasteiger partial charge on any atom is 0.328 e. The van der Waals surface area contributed by atoms with E-state index in [0.717, 1.165) is 0 Å². The molecule has 0 unspecified atom stereocenters. The van der Waals surface area contributed by atoms with E-state index in [1.54, 1.807) is 0 Å². The number of imidazole rings is 1. The van der Waals surface area contributed by atoms with Crippen LogP contribution in [0.4, 0.5) is 0 Å². The van der Waals surface area contributed by atoms with Crippen molar-refractivity contribution in [2.45, 2.75) is 44.0 Å². The van der Waals surface area contributed by atoms with Crippen molar-refractivity contribution in [1.82, 2.24) is 20.6 Å². The first kappa shape index (κ1) is 21.1. The monoisotopic (exact) mass is 370 g/mol. The lowest BCUT2D eigenvalue weighted by Gasteiger charge is -2.23. The van der Waals surface area contributed by atoms with Crippen LogP contribution in [0.5, 0.6) is 0 Å². The number of carboxylic acids is 1. The predicted octanol–water partition coefficient (Wildman–Crippen LogP) is -3.41. The van der Waals surface area contributed by atoms with Gasteiger partial charge < -0.3 is 37.3 Å². The summed E-state index contributed by atoms with van der Waals surface area (Å²) >= 11 is 0. The van der Waals surface area contributed by atoms with Gasteiger partial charge in [0.05, 0.1) is 24.9 Å². The van der Waals surface area contributed by atoms with Gasteiger partial charge in [0.15, 0.2) is 6.04 Å². The highest BCUT2D eigenvalue weighted by Crippen LogP contribution is 2.01. The summed E-state index contributed by atoms with van der Waals surface area (Å²) in [6, 6.07) is -4.10. The molecule has 0 fully saturated rings. The van der Waals surface area contributed by atoms with E-state index in [1.807, 2.05) is 5.32 Å². The van der Waals surface area contributed by atoms with E-state index in [9.17, 15) is 24.3 Å². The molecule has 12 heteroatoms. The van der Waals surface area contributed by atoms with Crippen LogP contribution in [0, 0.1) is 0 Å². The summed E-state index contributed by atoms with van der Waals surface area (Å²) in [6.45, 7) is 1.17. The number of aromatic amines is 1. The molecule has 1 aromatic heterocycles. The Balaban J connectivity index is 2.78. The van der Waals surface area contributed by atoms with Crippen molar-refractivity contribution < 1.29 is 29.4 Å². The summed E-state index contributed by atoms with van der Waals surface area (Å²) < 4.78 is 0. The second kappa shape index (κ2) is 9.48. The number of rotatable bonds is 10. The van der Waals surface area contributed by atoms with Crippen LogP contribution < -0.4 is 22.1 Å². The molecular formula is C14H22N6O6. The molecular weight excluding hydrogens is 348 g/mol. The molecule has 0 saturated carbocycles. The van der Waals surface area contributed by atoms with Gasteiger partial charge in [-0.05, 0) is 6.92 Å². The fourth-order valence-corrected chi connectivity index (χ4v) is 2.06. The number of carboxylic acid groups (broad SMARTS) is 1. The van der Waals surface area contributed by atoms with Crippen LogP contribution in [0.3, 0.4) is 0 Å². The molecule has 0 aliphatic rings. The highest BCUT2D eigenvalue weighted by molar-refractivity contribution is 5.94. The van der Waals surface area contributed by atoms with E-state index in [1.165, 1.54) is 19.4 Å². The van der Waals surface area contributed by atoms with Crippen LogP contribution in [0.15, 0.2) is 12.5 Å². The van der Waals surface area contributed by atoms with E-state index in [0.29, 0.717) is 5.69 Å². The normalized spacial score (nSPS) is 15.3. The molecule has 4 atom stereocenters. The Hall–Kier alpha value is -2.99. The third-order valence-corrected chi connectivity index (χ3v) is 3.42. The molecule has 0 bridgehead atoms. The molecule has 12 nitrogen and oxygen atoms in total. The fourth-order valence-electron chi connectivity index (χ4n) is 2.06. The largest absolute Gasteiger partial charge is 0.480 e. The Bertz CT molecular complexity index is 646. The molecule has 144 valence electrons. The average molecular weight is 370 g/mol. The predicted molar refractivity (Wildman–Crippen MR) is 87.3 cm³/mol. The molecule has 1 heterocycles. The van der Waals surface area contributed by atoms with E-state index in [2.05, 4.69) is 15.3 Å². The number of hydrogen-bond acceptors (Lipinski definition) is 7. The average Bonchev–Trinajstić information content (AvgIpc) is 3.03. The van der Waals surface area contributed by atoms with Crippen molar-refractivity contribution in [3.63, 3.8) is 0 Å². The highest BCUT2D eigenvalue weighted by Gasteiger charge is 2.31. The minimum Gasteiger partial charge on any atom is -0.480 e. The topological polar surface area (TPSA) is 214 Å². The zero-order chi connectivity index (χ0) is 19.9. The van der Waals surface area contributed by atoms with E-state index < -0.39 is 54.3 Å². The lowest BCUT2D eigenvalue weighted by molar-refractivity contribution is -0.145. The Morgan fingerprint density at radius 2 is 1.92 bits per heavy atom. The van der Waals surface area contributed by atoms with Gasteiger partial charge in [0.2, 0.25) is 17.7 Å². The van der Waals surface area contributed by atoms with Gasteiger partial charge in [-0.15, -0.1) is 0 Å². The number of amides is 3. The molecule has 0 aliphatic carbocycles. The van der Waals surface area contributed by atoms with Crippen molar-refractivity contribution in [3.05, 3.63) is 18.2 Å². The van der Waals surface area contributed by atoms with Gasteiger partial charge in [0, 0.05) is 18.3 Å². The molecule has 3 amide bonds. The van der Waals surface area contributed by atoms with Crippen LogP contribution in [0.2, 0.25) is 0 Å². The summed E-state index contributed by atoms with van der Waals surface area (Å²) in [4.78, 5) is 53.1. The molecule has 1 rings (SSSR count). The summed E-state index contributed by atoms with van der Waals surface area (Å²) in [5.74, 6) is -4.10. The third kappa shape index (κ3) is 6.49. The van der Waals surface area contributed by atoms with E-state index in [-0.39, 0.29) is 6.42 Å². The second-order valence-electron chi connectivity index (χ2n) is 5.68. The van der Waals surface area contributed by atoms with Crippen molar-refractivity contribution in [2.24, 2.45) is 11.5 Å². The number of aliphatic hydroxyl groups excluding tert-OH is 1. The molecule has 0 radical (unpaired) electrons. The van der Waals surface area contributed by atoms with Crippen LogP contribution in [-0.4, -0.2) is 68.1 Å². The second-order valence-corrected chi connectivity index (χ2v) is 5.68. The number of aromatic nitrogens is 2. The first-order chi connectivity index (χ1) is 12.1. The maximum atomic E-state index is 12.2. The van der Waals surface area contributed by atoms with Crippen LogP contribution in [0.1, 0.15) is 19.0 Å². The van der Waals surface area contributed by atoms with Gasteiger partial charge in [0.1, 0.15) is 6.04 Å². The maximum absolute atomic E-state index is 12.2. The minimum absolute atomic E-state index is 0.0994. The number of nitrogens with zero attached hydrogens (tertiary/aromatic N) is 1. The summed E-state index contributed by atoms with van der Waals surface area (Å²) in [7, 11) is 0. The Morgan fingerprint density at radius 1 is 1.27 bits per heavy atom. The van der Waals surface area contributed by atoms with Gasteiger partial charge in [-0.2, -0.15) is 0 Å². The molecule has 0 spiro atoms. The van der Waals surface area contributed by atoms with E-state index in [4.69, 9.17) is 16.6 Å². The van der Waals surface area contributed by atoms with Gasteiger partial charge in [-0.1, -0.05) is 0 Å². The Morgan fingerprint density at radius 3 is 2.38 bits per heavy atom. The third-order valence-electron chi connectivity index (χ3n) is 3.42. The number of primary amides is 1. The number of hydrogen-bond donors (Lipinski definition) is 7. The van der Waals surface area contributed by atoms with Crippen LogP contribution >= 0.6 is 0 Å². The molecule has 1 aromatic rings. The fraction of sp³-hybridized carbons (Fsp3) is 0.500. The molecule has 0 aromatic carbocycles. The zero-order valence-electron chi connectivity index (χ0n) is 14.0. The van der Waals surface area contributed by atoms with Crippen molar-refractivity contribution in [3.8, 4) is 0 Å². The zero-order valence-corrected chi connectivity index (χ0v) is 14.0. The lowest BCUT2D eigenvalue weighted by Crippen LogP contribution is -2.57. The van der Waals surface area contributed by atoms with Crippen molar-refractivity contribution in [1.29, 1.82) is 0 Å². The standard InChI is InChI=1S/C14H22N6O6/c1-6(21)11(14(25)26)20-13(24)9(3-10(16)22)19-12(23)8(15)2-7-4-17-5-18-7/h4-6,8-9,11,21H,2-3,15H2,1H3,(H2,16,22)(H,17,18)(H,19,23)(H,20,24)(H,25,26)/t6-,8+,9+,11+/m1/s1. The van der Waals surface area contributed by atoms with Gasteiger partial charge >= 0.3 is 5.97 Å². The molecule has 0 aliphatic heterocycles. The minimum atomic E-state index is -1.62. The number of H-pyrrole nitrogens is 1. The van der Waals surface area contributed by atoms with Gasteiger partial charge in [-0.3, -0.25) is 14.4 Å². The van der Waals surface area contributed by atoms with E-state index >= 15 is 0 Å². The van der Waals surface area contributed by atoms with Crippen molar-refractivity contribution >= 4 is 23.7 Å². The molecule has 9 N–H and O–H groups in total. The summed E-state index contributed by atoms with van der Waals surface area (Å²) in [5, 5.41) is 22.7. The number of carbonyl (C=O) groups is 4. The van der Waals surface area contributed by atoms with Gasteiger partial charge in [-0.25, -0.2) is 9.78 Å². The Kier molecular flexibility index (Phi) is 7.68. The first-order valence-corrected chi connectivity index (χ1v) is 7.64. The van der Waals surface area contributed by atoms with Gasteiger partial charge in [0.25, 0.3) is 0 Å². The molecule has 0 saturated heterocycles.